The van der Waals surface area contributed by atoms with Crippen molar-refractivity contribution in [1.82, 2.24) is 0 Å². The quantitative estimate of drug-likeness (QED) is 0.922. The minimum absolute atomic E-state index is 0.421. The van der Waals surface area contributed by atoms with Crippen molar-refractivity contribution in [2.45, 2.75) is 25.4 Å². The Morgan fingerprint density at radius 3 is 2.75 bits per heavy atom. The average Bonchev–Trinajstić information content (AvgIpc) is 2.48. The van der Waals surface area contributed by atoms with E-state index in [0.717, 1.165) is 18.5 Å². The summed E-state index contributed by atoms with van der Waals surface area (Å²) in [5.41, 5.74) is 4.88. The molecule has 2 nitrogen and oxygen atoms in total. The lowest BCUT2D eigenvalue weighted by Crippen LogP contribution is -2.24. The van der Waals surface area contributed by atoms with E-state index in [1.165, 1.54) is 23.2 Å². The first kappa shape index (κ1) is 13.2. The van der Waals surface area contributed by atoms with Crippen LogP contribution in [0.3, 0.4) is 0 Å². The van der Waals surface area contributed by atoms with E-state index in [4.69, 9.17) is 0 Å². The molecule has 0 bridgehead atoms. The highest BCUT2D eigenvalue weighted by Gasteiger charge is 2.16. The van der Waals surface area contributed by atoms with E-state index in [1.807, 2.05) is 18.2 Å². The van der Waals surface area contributed by atoms with Gasteiger partial charge in [-0.15, -0.1) is 0 Å². The summed E-state index contributed by atoms with van der Waals surface area (Å²) >= 11 is 0. The largest absolute Gasteiger partial charge is 0.388 e. The van der Waals surface area contributed by atoms with Crippen molar-refractivity contribution < 1.29 is 5.11 Å². The third-order valence-corrected chi connectivity index (χ3v) is 4.11. The molecule has 1 N–H and O–H groups in total. The van der Waals surface area contributed by atoms with Crippen LogP contribution >= 0.6 is 0 Å². The fourth-order valence-corrected chi connectivity index (χ4v) is 2.97. The molecule has 0 saturated carbocycles. The van der Waals surface area contributed by atoms with Crippen LogP contribution in [0.1, 0.15) is 29.2 Å². The van der Waals surface area contributed by atoms with Crippen LogP contribution in [0.2, 0.25) is 0 Å². The number of rotatable bonds is 3. The van der Waals surface area contributed by atoms with E-state index in [-0.39, 0.29) is 0 Å². The monoisotopic (exact) mass is 267 g/mol. The zero-order chi connectivity index (χ0) is 13.9. The van der Waals surface area contributed by atoms with Gasteiger partial charge in [-0.25, -0.2) is 0 Å². The van der Waals surface area contributed by atoms with Crippen LogP contribution in [-0.2, 0) is 12.8 Å². The minimum Gasteiger partial charge on any atom is -0.388 e. The summed E-state index contributed by atoms with van der Waals surface area (Å²) in [4.78, 5) is 2.30. The number of nitrogens with zero attached hydrogens (tertiary/aromatic N) is 1. The number of aliphatic hydroxyl groups excluding tert-OH is 1. The standard InChI is InChI=1S/C18H21NO/c1-19-11-5-8-15-13-16(9-10-17(15)19)18(20)12-14-6-3-2-4-7-14/h2-4,6-7,9-10,13,18,20H,5,8,11-12H2,1H3. The van der Waals surface area contributed by atoms with Gasteiger partial charge in [0.25, 0.3) is 0 Å². The Bertz CT molecular complexity index is 579. The van der Waals surface area contributed by atoms with E-state index in [0.29, 0.717) is 6.42 Å². The molecule has 0 amide bonds. The van der Waals surface area contributed by atoms with Crippen LogP contribution in [-0.4, -0.2) is 18.7 Å². The molecule has 2 aromatic rings. The second-order valence-electron chi connectivity index (χ2n) is 5.62. The van der Waals surface area contributed by atoms with Crippen molar-refractivity contribution in [2.24, 2.45) is 0 Å². The first-order chi connectivity index (χ1) is 9.74. The molecule has 20 heavy (non-hydrogen) atoms. The molecule has 2 heteroatoms. The number of anilines is 1. The molecule has 1 aliphatic rings. The second kappa shape index (κ2) is 5.68. The zero-order valence-corrected chi connectivity index (χ0v) is 11.9. The van der Waals surface area contributed by atoms with Crippen LogP contribution in [0.25, 0.3) is 0 Å². The summed E-state index contributed by atoms with van der Waals surface area (Å²) in [6.07, 6.45) is 2.57. The minimum atomic E-state index is -0.421. The second-order valence-corrected chi connectivity index (χ2v) is 5.62. The number of aryl methyl sites for hydroxylation is 1. The van der Waals surface area contributed by atoms with Crippen molar-refractivity contribution in [3.05, 3.63) is 65.2 Å². The highest BCUT2D eigenvalue weighted by Crippen LogP contribution is 2.29. The molecule has 1 heterocycles. The lowest BCUT2D eigenvalue weighted by atomic mass is 9.95. The zero-order valence-electron chi connectivity index (χ0n) is 11.9. The average molecular weight is 267 g/mol. The summed E-state index contributed by atoms with van der Waals surface area (Å²) in [6, 6.07) is 16.6. The molecule has 1 unspecified atom stereocenters. The van der Waals surface area contributed by atoms with Gasteiger partial charge in [0.05, 0.1) is 6.10 Å². The molecule has 1 atom stereocenters. The normalized spacial score (nSPS) is 15.8. The molecule has 2 aromatic carbocycles. The van der Waals surface area contributed by atoms with E-state index in [9.17, 15) is 5.11 Å². The third-order valence-electron chi connectivity index (χ3n) is 4.11. The molecule has 0 fully saturated rings. The molecule has 3 rings (SSSR count). The highest BCUT2D eigenvalue weighted by atomic mass is 16.3. The summed E-state index contributed by atoms with van der Waals surface area (Å²) in [5.74, 6) is 0. The fraction of sp³-hybridized carbons (Fsp3) is 0.333. The molecule has 0 aromatic heterocycles. The number of hydrogen-bond acceptors (Lipinski definition) is 2. The Labute approximate surface area is 120 Å². The smallest absolute Gasteiger partial charge is 0.0830 e. The Hall–Kier alpha value is -1.80. The topological polar surface area (TPSA) is 23.5 Å². The molecule has 0 aliphatic carbocycles. The van der Waals surface area contributed by atoms with Gasteiger partial charge in [-0.2, -0.15) is 0 Å². The van der Waals surface area contributed by atoms with Crippen molar-refractivity contribution in [3.8, 4) is 0 Å². The predicted octanol–water partition coefficient (Wildman–Crippen LogP) is 3.35. The van der Waals surface area contributed by atoms with E-state index in [1.54, 1.807) is 0 Å². The van der Waals surface area contributed by atoms with Gasteiger partial charge in [0.1, 0.15) is 0 Å². The van der Waals surface area contributed by atoms with Crippen LogP contribution in [0, 0.1) is 0 Å². The molecule has 0 saturated heterocycles. The number of aliphatic hydroxyl groups is 1. The summed E-state index contributed by atoms with van der Waals surface area (Å²) in [5, 5.41) is 10.4. The maximum Gasteiger partial charge on any atom is 0.0830 e. The number of hydrogen-bond donors (Lipinski definition) is 1. The Balaban J connectivity index is 1.80. The summed E-state index contributed by atoms with van der Waals surface area (Å²) < 4.78 is 0. The predicted molar refractivity (Wildman–Crippen MR) is 83.1 cm³/mol. The van der Waals surface area contributed by atoms with E-state index < -0.39 is 6.10 Å². The van der Waals surface area contributed by atoms with Gasteiger partial charge >= 0.3 is 0 Å². The lowest BCUT2D eigenvalue weighted by molar-refractivity contribution is 0.178. The van der Waals surface area contributed by atoms with Crippen LogP contribution in [0.5, 0.6) is 0 Å². The van der Waals surface area contributed by atoms with Crippen molar-refractivity contribution in [1.29, 1.82) is 0 Å². The van der Waals surface area contributed by atoms with Gasteiger partial charge in [0.2, 0.25) is 0 Å². The lowest BCUT2D eigenvalue weighted by Gasteiger charge is -2.28. The van der Waals surface area contributed by atoms with Crippen LogP contribution in [0.4, 0.5) is 5.69 Å². The van der Waals surface area contributed by atoms with E-state index in [2.05, 4.69) is 42.3 Å². The van der Waals surface area contributed by atoms with E-state index >= 15 is 0 Å². The van der Waals surface area contributed by atoms with Gasteiger partial charge < -0.3 is 10.0 Å². The molecule has 0 radical (unpaired) electrons. The number of fused-ring (bicyclic) bond motifs is 1. The molecule has 104 valence electrons. The van der Waals surface area contributed by atoms with Gasteiger partial charge in [0.15, 0.2) is 0 Å². The maximum atomic E-state index is 10.4. The van der Waals surface area contributed by atoms with Crippen LogP contribution < -0.4 is 4.90 Å². The first-order valence-electron chi connectivity index (χ1n) is 7.30. The molecule has 0 spiro atoms. The first-order valence-corrected chi connectivity index (χ1v) is 7.30. The SMILES string of the molecule is CN1CCCc2cc(C(O)Cc3ccccc3)ccc21. The van der Waals surface area contributed by atoms with Gasteiger partial charge in [-0.1, -0.05) is 42.5 Å². The molecular formula is C18H21NO. The Morgan fingerprint density at radius 2 is 1.95 bits per heavy atom. The van der Waals surface area contributed by atoms with Gasteiger partial charge in [-0.3, -0.25) is 0 Å². The van der Waals surface area contributed by atoms with Crippen molar-refractivity contribution in [2.75, 3.05) is 18.5 Å². The maximum absolute atomic E-state index is 10.4. The molecule has 1 aliphatic heterocycles. The summed E-state index contributed by atoms with van der Waals surface area (Å²) in [7, 11) is 2.14. The van der Waals surface area contributed by atoms with Gasteiger partial charge in [0, 0.05) is 25.7 Å². The highest BCUT2D eigenvalue weighted by molar-refractivity contribution is 5.56. The molecular weight excluding hydrogens is 246 g/mol. The third kappa shape index (κ3) is 2.70. The van der Waals surface area contributed by atoms with Gasteiger partial charge in [-0.05, 0) is 35.6 Å². The Kier molecular flexibility index (Phi) is 3.75. The number of benzene rings is 2. The fourth-order valence-electron chi connectivity index (χ4n) is 2.97. The van der Waals surface area contributed by atoms with Crippen molar-refractivity contribution in [3.63, 3.8) is 0 Å². The summed E-state index contributed by atoms with van der Waals surface area (Å²) in [6.45, 7) is 1.12. The Morgan fingerprint density at radius 1 is 1.15 bits per heavy atom. The van der Waals surface area contributed by atoms with Crippen LogP contribution in [0.15, 0.2) is 48.5 Å². The van der Waals surface area contributed by atoms with Crippen molar-refractivity contribution >= 4 is 5.69 Å².